The number of ether oxygens (including phenoxy) is 5. The van der Waals surface area contributed by atoms with E-state index in [9.17, 15) is 0 Å². The van der Waals surface area contributed by atoms with Gasteiger partial charge >= 0.3 is 0 Å². The number of aromatic nitrogens is 1. The normalized spacial score (nSPS) is 10.7. The molecule has 0 N–H and O–H groups in total. The van der Waals surface area contributed by atoms with E-state index in [2.05, 4.69) is 13.0 Å². The second-order valence-electron chi connectivity index (χ2n) is 6.93. The Bertz CT molecular complexity index is 1000. The van der Waals surface area contributed by atoms with Gasteiger partial charge in [0.05, 0.1) is 28.4 Å². The van der Waals surface area contributed by atoms with Gasteiger partial charge in [-0.05, 0) is 37.1 Å². The summed E-state index contributed by atoms with van der Waals surface area (Å²) in [5.74, 6) is 3.68. The van der Waals surface area contributed by atoms with Crippen molar-refractivity contribution in [3.8, 4) is 34.6 Å². The summed E-state index contributed by atoms with van der Waals surface area (Å²) in [6.07, 6.45) is 4.35. The third-order valence-corrected chi connectivity index (χ3v) is 4.97. The zero-order valence-electron chi connectivity index (χ0n) is 18.3. The van der Waals surface area contributed by atoms with Crippen LogP contribution in [-0.2, 0) is 6.42 Å². The average Bonchev–Trinajstić information content (AvgIpc) is 2.78. The highest BCUT2D eigenvalue weighted by atomic mass is 16.5. The minimum atomic E-state index is 0.556. The van der Waals surface area contributed by atoms with Gasteiger partial charge in [0.1, 0.15) is 17.0 Å². The molecule has 0 saturated heterocycles. The molecule has 6 heteroatoms. The van der Waals surface area contributed by atoms with Crippen molar-refractivity contribution in [3.63, 3.8) is 0 Å². The van der Waals surface area contributed by atoms with Gasteiger partial charge in [-0.15, -0.1) is 0 Å². The van der Waals surface area contributed by atoms with Crippen LogP contribution in [0, 0.1) is 0 Å². The fraction of sp³-hybridized carbons (Fsp3) is 0.375. The molecule has 0 fully saturated rings. The number of fused-ring (bicyclic) bond motifs is 1. The Morgan fingerprint density at radius 3 is 2.17 bits per heavy atom. The van der Waals surface area contributed by atoms with Crippen molar-refractivity contribution in [2.75, 3.05) is 28.4 Å². The molecule has 6 nitrogen and oxygen atoms in total. The lowest BCUT2D eigenvalue weighted by atomic mass is 10.1. The van der Waals surface area contributed by atoms with E-state index < -0.39 is 0 Å². The predicted octanol–water partition coefficient (Wildman–Crippen LogP) is 5.79. The van der Waals surface area contributed by atoms with Crippen LogP contribution in [0.5, 0.6) is 34.6 Å². The van der Waals surface area contributed by atoms with Crippen molar-refractivity contribution in [2.24, 2.45) is 0 Å². The lowest BCUT2D eigenvalue weighted by Gasteiger charge is -2.16. The highest BCUT2D eigenvalue weighted by molar-refractivity contribution is 5.88. The van der Waals surface area contributed by atoms with E-state index in [0.717, 1.165) is 23.8 Å². The SMILES string of the molecule is CCCCCc1cc2cc(OC)cc(Oc3ccc(OC)cc3OC)c2nc1OC. The van der Waals surface area contributed by atoms with E-state index in [1.807, 2.05) is 18.2 Å². The van der Waals surface area contributed by atoms with Gasteiger partial charge in [0.15, 0.2) is 17.2 Å². The number of aryl methyl sites for hydroxylation is 1. The monoisotopic (exact) mass is 411 g/mol. The van der Waals surface area contributed by atoms with Gasteiger partial charge in [-0.2, -0.15) is 0 Å². The molecule has 3 aromatic rings. The molecule has 0 aliphatic heterocycles. The van der Waals surface area contributed by atoms with Crippen LogP contribution in [0.15, 0.2) is 36.4 Å². The van der Waals surface area contributed by atoms with E-state index in [0.29, 0.717) is 40.1 Å². The van der Waals surface area contributed by atoms with Crippen molar-refractivity contribution < 1.29 is 23.7 Å². The first-order chi connectivity index (χ1) is 14.6. The Kier molecular flexibility index (Phi) is 7.22. The molecule has 30 heavy (non-hydrogen) atoms. The molecule has 3 rings (SSSR count). The van der Waals surface area contributed by atoms with E-state index >= 15 is 0 Å². The number of methoxy groups -OCH3 is 4. The Morgan fingerprint density at radius 1 is 0.733 bits per heavy atom. The molecule has 0 atom stereocenters. The Hall–Kier alpha value is -3.15. The van der Waals surface area contributed by atoms with Gasteiger partial charge in [0, 0.05) is 23.1 Å². The summed E-state index contributed by atoms with van der Waals surface area (Å²) < 4.78 is 28.0. The summed E-state index contributed by atoms with van der Waals surface area (Å²) in [4.78, 5) is 4.76. The first-order valence-electron chi connectivity index (χ1n) is 10.1. The third kappa shape index (κ3) is 4.70. The lowest BCUT2D eigenvalue weighted by molar-refractivity contribution is 0.367. The Balaban J connectivity index is 2.07. The minimum absolute atomic E-state index is 0.556. The number of pyridine rings is 1. The van der Waals surface area contributed by atoms with E-state index in [4.69, 9.17) is 28.7 Å². The second kappa shape index (κ2) is 10.1. The molecule has 1 heterocycles. The van der Waals surface area contributed by atoms with Crippen LogP contribution in [0.2, 0.25) is 0 Å². The number of unbranched alkanes of at least 4 members (excludes halogenated alkanes) is 2. The molecule has 2 aromatic carbocycles. The molecule has 0 spiro atoms. The Labute approximate surface area is 177 Å². The largest absolute Gasteiger partial charge is 0.497 e. The van der Waals surface area contributed by atoms with Crippen molar-refractivity contribution >= 4 is 10.9 Å². The molecule has 0 saturated carbocycles. The number of hydrogen-bond acceptors (Lipinski definition) is 6. The molecular formula is C24H29NO5. The van der Waals surface area contributed by atoms with E-state index in [-0.39, 0.29) is 0 Å². The summed E-state index contributed by atoms with van der Waals surface area (Å²) in [5, 5.41) is 0.934. The quantitative estimate of drug-likeness (QED) is 0.393. The van der Waals surface area contributed by atoms with Gasteiger partial charge in [0.25, 0.3) is 0 Å². The fourth-order valence-corrected chi connectivity index (χ4v) is 3.35. The van der Waals surface area contributed by atoms with Crippen molar-refractivity contribution in [3.05, 3.63) is 42.0 Å². The standard InChI is InChI=1S/C24H29NO5/c1-6-7-8-9-16-12-17-13-19(27-3)15-22(23(17)25-24(16)29-5)30-20-11-10-18(26-2)14-21(20)28-4/h10-15H,6-9H2,1-5H3. The molecule has 0 bridgehead atoms. The molecule has 0 radical (unpaired) electrons. The van der Waals surface area contributed by atoms with Gasteiger partial charge in [0.2, 0.25) is 5.88 Å². The highest BCUT2D eigenvalue weighted by Crippen LogP contribution is 2.40. The van der Waals surface area contributed by atoms with Crippen LogP contribution in [0.4, 0.5) is 0 Å². The highest BCUT2D eigenvalue weighted by Gasteiger charge is 2.16. The maximum atomic E-state index is 6.21. The molecule has 0 amide bonds. The zero-order valence-corrected chi connectivity index (χ0v) is 18.3. The van der Waals surface area contributed by atoms with Crippen LogP contribution in [0.3, 0.4) is 0 Å². The molecule has 0 unspecified atom stereocenters. The smallest absolute Gasteiger partial charge is 0.216 e. The van der Waals surface area contributed by atoms with Gasteiger partial charge in [-0.1, -0.05) is 19.8 Å². The summed E-state index contributed by atoms with van der Waals surface area (Å²) in [7, 11) is 6.49. The van der Waals surface area contributed by atoms with E-state index in [1.165, 1.54) is 12.8 Å². The number of hydrogen-bond donors (Lipinski definition) is 0. The van der Waals surface area contributed by atoms with Crippen molar-refractivity contribution in [1.82, 2.24) is 4.98 Å². The van der Waals surface area contributed by atoms with Crippen LogP contribution in [0.1, 0.15) is 31.7 Å². The number of nitrogens with zero attached hydrogens (tertiary/aromatic N) is 1. The summed E-state index contributed by atoms with van der Waals surface area (Å²) in [6, 6.07) is 11.3. The second-order valence-corrected chi connectivity index (χ2v) is 6.93. The zero-order chi connectivity index (χ0) is 21.5. The van der Waals surface area contributed by atoms with Crippen LogP contribution in [0.25, 0.3) is 10.9 Å². The van der Waals surface area contributed by atoms with Crippen LogP contribution in [-0.4, -0.2) is 33.4 Å². The third-order valence-electron chi connectivity index (χ3n) is 4.97. The van der Waals surface area contributed by atoms with E-state index in [1.54, 1.807) is 40.6 Å². The first-order valence-corrected chi connectivity index (χ1v) is 10.1. The fourth-order valence-electron chi connectivity index (χ4n) is 3.35. The number of rotatable bonds is 10. The van der Waals surface area contributed by atoms with Crippen molar-refractivity contribution in [1.29, 1.82) is 0 Å². The number of benzene rings is 2. The van der Waals surface area contributed by atoms with Gasteiger partial charge < -0.3 is 23.7 Å². The summed E-state index contributed by atoms with van der Waals surface area (Å²) >= 11 is 0. The maximum absolute atomic E-state index is 6.21. The maximum Gasteiger partial charge on any atom is 0.216 e. The van der Waals surface area contributed by atoms with Gasteiger partial charge in [-0.25, -0.2) is 4.98 Å². The molecule has 0 aliphatic carbocycles. The topological polar surface area (TPSA) is 59.0 Å². The molecule has 160 valence electrons. The average molecular weight is 411 g/mol. The van der Waals surface area contributed by atoms with Crippen molar-refractivity contribution in [2.45, 2.75) is 32.6 Å². The summed E-state index contributed by atoms with van der Waals surface area (Å²) in [6.45, 7) is 2.19. The molecule has 0 aliphatic rings. The van der Waals surface area contributed by atoms with Gasteiger partial charge in [-0.3, -0.25) is 0 Å². The first kappa shape index (κ1) is 21.6. The minimum Gasteiger partial charge on any atom is -0.497 e. The lowest BCUT2D eigenvalue weighted by Crippen LogP contribution is -1.99. The molecular weight excluding hydrogens is 382 g/mol. The predicted molar refractivity (Wildman–Crippen MR) is 118 cm³/mol. The summed E-state index contributed by atoms with van der Waals surface area (Å²) in [5.41, 5.74) is 1.78. The van der Waals surface area contributed by atoms with Crippen LogP contribution >= 0.6 is 0 Å². The molecule has 1 aromatic heterocycles. The van der Waals surface area contributed by atoms with Crippen LogP contribution < -0.4 is 23.7 Å². The Morgan fingerprint density at radius 2 is 1.50 bits per heavy atom.